The first-order chi connectivity index (χ1) is 16.4. The zero-order chi connectivity index (χ0) is 24.1. The van der Waals surface area contributed by atoms with Gasteiger partial charge in [-0.15, -0.1) is 0 Å². The van der Waals surface area contributed by atoms with E-state index in [1.807, 2.05) is 18.2 Å². The number of benzene rings is 2. The van der Waals surface area contributed by atoms with Crippen LogP contribution in [0, 0.1) is 5.82 Å². The molecule has 178 valence electrons. The van der Waals surface area contributed by atoms with Crippen LogP contribution in [0.1, 0.15) is 54.1 Å². The summed E-state index contributed by atoms with van der Waals surface area (Å²) in [7, 11) is 0. The van der Waals surface area contributed by atoms with Crippen molar-refractivity contribution in [3.05, 3.63) is 89.0 Å². The van der Waals surface area contributed by atoms with Crippen LogP contribution in [0.3, 0.4) is 0 Å². The van der Waals surface area contributed by atoms with Crippen LogP contribution in [0.4, 0.5) is 4.39 Å². The normalized spacial score (nSPS) is 16.9. The Bertz CT molecular complexity index is 1150. The maximum Gasteiger partial charge on any atom is 1.00 e. The quantitative estimate of drug-likeness (QED) is 0.413. The minimum atomic E-state index is -1.36. The van der Waals surface area contributed by atoms with Gasteiger partial charge in [0.2, 0.25) is 0 Å². The fourth-order valence-electron chi connectivity index (χ4n) is 4.61. The maximum absolute atomic E-state index is 13.6. The second-order valence-electron chi connectivity index (χ2n) is 8.81. The van der Waals surface area contributed by atoms with Gasteiger partial charge in [-0.3, -0.25) is 0 Å². The van der Waals surface area contributed by atoms with Crippen LogP contribution < -0.4 is 34.7 Å². The van der Waals surface area contributed by atoms with Crippen LogP contribution in [0.2, 0.25) is 0 Å². The summed E-state index contributed by atoms with van der Waals surface area (Å²) in [6.07, 6.45) is 4.15. The van der Waals surface area contributed by atoms with Gasteiger partial charge in [0.25, 0.3) is 0 Å². The molecule has 0 saturated carbocycles. The second kappa shape index (κ2) is 12.6. The van der Waals surface area contributed by atoms with E-state index in [1.165, 1.54) is 23.8 Å². The van der Waals surface area contributed by atoms with Crippen molar-refractivity contribution in [2.45, 2.75) is 56.7 Å². The summed E-state index contributed by atoms with van der Waals surface area (Å²) in [5, 5.41) is 35.8. The van der Waals surface area contributed by atoms with Crippen LogP contribution in [0.5, 0.6) is 0 Å². The van der Waals surface area contributed by atoms with Crippen molar-refractivity contribution in [3.8, 4) is 5.69 Å². The van der Waals surface area contributed by atoms with E-state index in [0.717, 1.165) is 42.6 Å². The molecule has 6 nitrogen and oxygen atoms in total. The van der Waals surface area contributed by atoms with Gasteiger partial charge in [-0.05, 0) is 61.6 Å². The molecular formula is C27H28FN2NaO4. The van der Waals surface area contributed by atoms with Gasteiger partial charge in [-0.25, -0.2) is 9.07 Å². The number of hydrogen-bond acceptors (Lipinski definition) is 5. The molecule has 0 saturated heterocycles. The van der Waals surface area contributed by atoms with Crippen molar-refractivity contribution in [2.24, 2.45) is 0 Å². The Labute approximate surface area is 226 Å². The number of halogens is 1. The van der Waals surface area contributed by atoms with Crippen molar-refractivity contribution in [1.82, 2.24) is 9.78 Å². The number of aliphatic hydroxyl groups is 2. The predicted molar refractivity (Wildman–Crippen MR) is 125 cm³/mol. The SMILES string of the molecule is O=C([O-])C[C@@H](O)C[C@@H](O)/C=C/c1c2c(nn1-c1ccc(F)cc1)C(Cc1ccccc1)CCC2.[Na+]. The molecule has 8 heteroatoms. The summed E-state index contributed by atoms with van der Waals surface area (Å²) in [5.41, 5.74) is 4.85. The van der Waals surface area contributed by atoms with Gasteiger partial charge in [0.05, 0.1) is 29.3 Å². The topological polar surface area (TPSA) is 98.4 Å². The van der Waals surface area contributed by atoms with Crippen LogP contribution in [-0.4, -0.2) is 38.2 Å². The molecule has 1 aromatic heterocycles. The smallest absolute Gasteiger partial charge is 0.550 e. The van der Waals surface area contributed by atoms with E-state index >= 15 is 0 Å². The van der Waals surface area contributed by atoms with Gasteiger partial charge in [-0.2, -0.15) is 5.10 Å². The van der Waals surface area contributed by atoms with Crippen LogP contribution in [-0.2, 0) is 17.6 Å². The number of rotatable bonds is 9. The Morgan fingerprint density at radius 1 is 1.17 bits per heavy atom. The molecule has 1 aliphatic carbocycles. The van der Waals surface area contributed by atoms with Crippen LogP contribution >= 0.6 is 0 Å². The summed E-state index contributed by atoms with van der Waals surface area (Å²) >= 11 is 0. The standard InChI is InChI=1S/C27H29FN2O4.Na/c28-20-9-11-21(12-10-20)30-25(14-13-22(31)16-23(32)17-26(33)34)24-8-4-7-19(27(24)29-30)15-18-5-2-1-3-6-18;/h1-3,5-6,9-14,19,22-23,31-32H,4,7-8,15-17H2,(H,33,34);/q;+1/p-1/b14-13+;/t19?,22-,23-;/m0./s1. The van der Waals surface area contributed by atoms with Gasteiger partial charge in [0.15, 0.2) is 0 Å². The molecule has 1 unspecified atom stereocenters. The fourth-order valence-corrected chi connectivity index (χ4v) is 4.61. The molecule has 0 radical (unpaired) electrons. The van der Waals surface area contributed by atoms with Gasteiger partial charge in [0.1, 0.15) is 5.82 Å². The monoisotopic (exact) mass is 486 g/mol. The molecule has 0 spiro atoms. The van der Waals surface area contributed by atoms with Gasteiger partial charge < -0.3 is 20.1 Å². The third-order valence-corrected chi connectivity index (χ3v) is 6.21. The van der Waals surface area contributed by atoms with Crippen molar-refractivity contribution >= 4 is 12.0 Å². The summed E-state index contributed by atoms with van der Waals surface area (Å²) in [4.78, 5) is 10.7. The number of hydrogen-bond donors (Lipinski definition) is 2. The minimum Gasteiger partial charge on any atom is -0.550 e. The molecule has 1 heterocycles. The van der Waals surface area contributed by atoms with Gasteiger partial charge in [-0.1, -0.05) is 36.4 Å². The molecule has 0 bridgehead atoms. The van der Waals surface area contributed by atoms with Crippen molar-refractivity contribution in [2.75, 3.05) is 0 Å². The Hall–Kier alpha value is -2.29. The molecule has 0 amide bonds. The maximum atomic E-state index is 13.6. The summed E-state index contributed by atoms with van der Waals surface area (Å²) in [6, 6.07) is 16.4. The molecule has 0 fully saturated rings. The zero-order valence-electron chi connectivity index (χ0n) is 19.8. The number of aliphatic carboxylic acids is 1. The van der Waals surface area contributed by atoms with E-state index in [4.69, 9.17) is 5.10 Å². The first-order valence-electron chi connectivity index (χ1n) is 11.6. The Morgan fingerprint density at radius 3 is 2.57 bits per heavy atom. The molecule has 3 aromatic rings. The molecule has 2 aromatic carbocycles. The number of aliphatic hydroxyl groups excluding tert-OH is 2. The van der Waals surface area contributed by atoms with E-state index in [9.17, 15) is 24.5 Å². The number of carbonyl (C=O) groups excluding carboxylic acids is 1. The Balaban J connectivity index is 0.00000342. The Kier molecular flexibility index (Phi) is 9.83. The van der Waals surface area contributed by atoms with E-state index in [1.54, 1.807) is 22.9 Å². The minimum absolute atomic E-state index is 0. The van der Waals surface area contributed by atoms with Crippen molar-refractivity contribution in [3.63, 3.8) is 0 Å². The number of carboxylic acids is 1. The third-order valence-electron chi connectivity index (χ3n) is 6.21. The summed E-state index contributed by atoms with van der Waals surface area (Å²) in [5.74, 6) is -1.46. The Morgan fingerprint density at radius 2 is 1.89 bits per heavy atom. The van der Waals surface area contributed by atoms with E-state index in [0.29, 0.717) is 5.69 Å². The number of carboxylic acid groups (broad SMARTS) is 1. The molecule has 4 rings (SSSR count). The zero-order valence-corrected chi connectivity index (χ0v) is 21.8. The number of carbonyl (C=O) groups is 1. The van der Waals surface area contributed by atoms with Crippen LogP contribution in [0.15, 0.2) is 60.7 Å². The molecule has 35 heavy (non-hydrogen) atoms. The van der Waals surface area contributed by atoms with E-state index in [-0.39, 0.29) is 47.7 Å². The fraction of sp³-hybridized carbons (Fsp3) is 0.333. The molecule has 1 aliphatic rings. The first kappa shape index (κ1) is 27.3. The van der Waals surface area contributed by atoms with Crippen molar-refractivity contribution < 1.29 is 54.1 Å². The van der Waals surface area contributed by atoms with Crippen LogP contribution in [0.25, 0.3) is 11.8 Å². The second-order valence-corrected chi connectivity index (χ2v) is 8.81. The summed E-state index contributed by atoms with van der Waals surface area (Å²) < 4.78 is 15.3. The third kappa shape index (κ3) is 7.12. The van der Waals surface area contributed by atoms with E-state index < -0.39 is 24.6 Å². The van der Waals surface area contributed by atoms with E-state index in [2.05, 4.69) is 12.1 Å². The van der Waals surface area contributed by atoms with Gasteiger partial charge in [0, 0.05) is 30.3 Å². The molecular weight excluding hydrogens is 458 g/mol. The van der Waals surface area contributed by atoms with Gasteiger partial charge >= 0.3 is 29.6 Å². The molecule has 2 N–H and O–H groups in total. The average molecular weight is 487 g/mol. The number of aromatic nitrogens is 2. The average Bonchev–Trinajstić information content (AvgIpc) is 3.18. The summed E-state index contributed by atoms with van der Waals surface area (Å²) in [6.45, 7) is 0. The number of nitrogens with zero attached hydrogens (tertiary/aromatic N) is 2. The largest absolute Gasteiger partial charge is 1.00 e. The molecule has 3 atom stereocenters. The predicted octanol–water partition coefficient (Wildman–Crippen LogP) is -0.0569. The van der Waals surface area contributed by atoms with Crippen molar-refractivity contribution in [1.29, 1.82) is 0 Å². The molecule has 0 aliphatic heterocycles. The first-order valence-corrected chi connectivity index (χ1v) is 11.6. The number of fused-ring (bicyclic) bond motifs is 1.